The van der Waals surface area contributed by atoms with Crippen molar-refractivity contribution in [3.63, 3.8) is 0 Å². The molecule has 0 spiro atoms. The molecule has 2 N–H and O–H groups in total. The lowest BCUT2D eigenvalue weighted by atomic mass is 10.1. The van der Waals surface area contributed by atoms with E-state index in [4.69, 9.17) is 5.73 Å². The molecule has 0 heterocycles. The summed E-state index contributed by atoms with van der Waals surface area (Å²) in [7, 11) is 0. The molecule has 2 aromatic rings. The van der Waals surface area contributed by atoms with E-state index < -0.39 is 0 Å². The third kappa shape index (κ3) is 2.65. The molecule has 0 bridgehead atoms. The van der Waals surface area contributed by atoms with Crippen molar-refractivity contribution in [3.8, 4) is 0 Å². The fraction of sp³-hybridized carbons (Fsp3) is 0.250. The number of benzene rings is 2. The Bertz CT molecular complexity index is 643. The van der Waals surface area contributed by atoms with E-state index in [2.05, 4.69) is 30.1 Å². The van der Waals surface area contributed by atoms with Crippen molar-refractivity contribution in [2.45, 2.75) is 27.7 Å². The largest absolute Gasteiger partial charge is 0.397 e. The van der Waals surface area contributed by atoms with Crippen LogP contribution < -0.4 is 5.73 Å². The highest BCUT2D eigenvalue weighted by molar-refractivity contribution is 5.68. The number of hydrogen-bond acceptors (Lipinski definition) is 3. The Balaban J connectivity index is 2.44. The zero-order valence-corrected chi connectivity index (χ0v) is 11.9. The Labute approximate surface area is 114 Å². The van der Waals surface area contributed by atoms with Crippen LogP contribution >= 0.6 is 0 Å². The van der Waals surface area contributed by atoms with Crippen LogP contribution in [0, 0.1) is 27.7 Å². The van der Waals surface area contributed by atoms with E-state index in [-0.39, 0.29) is 0 Å². The molecule has 19 heavy (non-hydrogen) atoms. The van der Waals surface area contributed by atoms with E-state index in [0.717, 1.165) is 22.5 Å². The van der Waals surface area contributed by atoms with Gasteiger partial charge in [0.1, 0.15) is 5.69 Å². The lowest BCUT2D eigenvalue weighted by Crippen LogP contribution is -1.90. The second kappa shape index (κ2) is 5.22. The summed E-state index contributed by atoms with van der Waals surface area (Å²) in [6.45, 7) is 8.19. The molecule has 0 unspecified atom stereocenters. The second-order valence-corrected chi connectivity index (χ2v) is 4.86. The summed E-state index contributed by atoms with van der Waals surface area (Å²) in [6.07, 6.45) is 0. The zero-order valence-electron chi connectivity index (χ0n) is 11.9. The lowest BCUT2D eigenvalue weighted by molar-refractivity contribution is 1.17. The normalized spacial score (nSPS) is 11.2. The fourth-order valence-corrected chi connectivity index (χ4v) is 1.90. The molecule has 0 amide bonds. The van der Waals surface area contributed by atoms with Gasteiger partial charge in [-0.3, -0.25) is 0 Å². The summed E-state index contributed by atoms with van der Waals surface area (Å²) in [5, 5.41) is 8.68. The van der Waals surface area contributed by atoms with Gasteiger partial charge in [0.15, 0.2) is 0 Å². The highest BCUT2D eigenvalue weighted by Gasteiger charge is 2.05. The molecule has 98 valence electrons. The minimum absolute atomic E-state index is 0.664. The summed E-state index contributed by atoms with van der Waals surface area (Å²) in [4.78, 5) is 0. The number of hydrogen-bond donors (Lipinski definition) is 1. The van der Waals surface area contributed by atoms with Crippen LogP contribution in [0.25, 0.3) is 0 Å². The van der Waals surface area contributed by atoms with E-state index in [1.807, 2.05) is 38.1 Å². The van der Waals surface area contributed by atoms with Crippen molar-refractivity contribution in [3.05, 3.63) is 52.6 Å². The molecule has 0 saturated heterocycles. The van der Waals surface area contributed by atoms with Crippen molar-refractivity contribution in [2.24, 2.45) is 10.2 Å². The summed E-state index contributed by atoms with van der Waals surface area (Å²) in [5.41, 5.74) is 12.9. The van der Waals surface area contributed by atoms with Crippen LogP contribution in [0.3, 0.4) is 0 Å². The molecular formula is C16H19N3. The van der Waals surface area contributed by atoms with Crippen molar-refractivity contribution in [2.75, 3.05) is 5.73 Å². The zero-order chi connectivity index (χ0) is 14.0. The highest BCUT2D eigenvalue weighted by atomic mass is 15.1. The van der Waals surface area contributed by atoms with Gasteiger partial charge in [0.25, 0.3) is 0 Å². The molecule has 0 aromatic heterocycles. The summed E-state index contributed by atoms with van der Waals surface area (Å²) in [5.74, 6) is 0. The Morgan fingerprint density at radius 1 is 0.789 bits per heavy atom. The molecule has 0 atom stereocenters. The van der Waals surface area contributed by atoms with Gasteiger partial charge in [-0.1, -0.05) is 18.2 Å². The maximum absolute atomic E-state index is 5.97. The van der Waals surface area contributed by atoms with Crippen molar-refractivity contribution >= 4 is 17.1 Å². The van der Waals surface area contributed by atoms with Crippen LogP contribution in [-0.4, -0.2) is 0 Å². The van der Waals surface area contributed by atoms with E-state index >= 15 is 0 Å². The Hall–Kier alpha value is -2.16. The minimum Gasteiger partial charge on any atom is -0.397 e. The third-order valence-electron chi connectivity index (χ3n) is 3.57. The molecular weight excluding hydrogens is 234 g/mol. The molecule has 0 radical (unpaired) electrons. The van der Waals surface area contributed by atoms with Crippen molar-refractivity contribution < 1.29 is 0 Å². The smallest absolute Gasteiger partial charge is 0.112 e. The van der Waals surface area contributed by atoms with Gasteiger partial charge < -0.3 is 5.73 Å². The summed E-state index contributed by atoms with van der Waals surface area (Å²) >= 11 is 0. The molecule has 0 saturated carbocycles. The number of nitrogen functional groups attached to an aromatic ring is 1. The first kappa shape index (κ1) is 13.3. The van der Waals surface area contributed by atoms with Gasteiger partial charge in [0, 0.05) is 0 Å². The van der Waals surface area contributed by atoms with Crippen LogP contribution in [0.1, 0.15) is 22.3 Å². The third-order valence-corrected chi connectivity index (χ3v) is 3.57. The molecule has 0 aliphatic carbocycles. The second-order valence-electron chi connectivity index (χ2n) is 4.86. The van der Waals surface area contributed by atoms with Gasteiger partial charge >= 0.3 is 0 Å². The van der Waals surface area contributed by atoms with Crippen LogP contribution in [0.2, 0.25) is 0 Å². The number of azo groups is 1. The Kier molecular flexibility index (Phi) is 3.65. The SMILES string of the molecule is Cc1cccc(N=Nc2c(N)ccc(C)c2C)c1C. The van der Waals surface area contributed by atoms with E-state index in [9.17, 15) is 0 Å². The number of nitrogens with two attached hydrogens (primary N) is 1. The average Bonchev–Trinajstić information content (AvgIpc) is 2.39. The molecule has 2 rings (SSSR count). The van der Waals surface area contributed by atoms with Gasteiger partial charge in [-0.25, -0.2) is 0 Å². The molecule has 3 nitrogen and oxygen atoms in total. The van der Waals surface area contributed by atoms with Crippen molar-refractivity contribution in [1.29, 1.82) is 0 Å². The topological polar surface area (TPSA) is 50.7 Å². The number of rotatable bonds is 2. The monoisotopic (exact) mass is 253 g/mol. The predicted molar refractivity (Wildman–Crippen MR) is 80.4 cm³/mol. The van der Waals surface area contributed by atoms with Gasteiger partial charge in [0.2, 0.25) is 0 Å². The van der Waals surface area contributed by atoms with Crippen LogP contribution in [-0.2, 0) is 0 Å². The molecule has 0 aliphatic heterocycles. The summed E-state index contributed by atoms with van der Waals surface area (Å²) < 4.78 is 0. The summed E-state index contributed by atoms with van der Waals surface area (Å²) in [6, 6.07) is 9.90. The number of nitrogens with zero attached hydrogens (tertiary/aromatic N) is 2. The standard InChI is InChI=1S/C16H19N3/c1-10-6-5-7-15(12(10)3)18-19-16-13(4)11(2)8-9-14(16)17/h5-9H,17H2,1-4H3. The van der Waals surface area contributed by atoms with E-state index in [0.29, 0.717) is 5.69 Å². The highest BCUT2D eigenvalue weighted by Crippen LogP contribution is 2.31. The van der Waals surface area contributed by atoms with Crippen LogP contribution in [0.4, 0.5) is 17.1 Å². The Morgan fingerprint density at radius 2 is 1.47 bits per heavy atom. The molecule has 0 aliphatic rings. The average molecular weight is 253 g/mol. The van der Waals surface area contributed by atoms with Crippen molar-refractivity contribution in [1.82, 2.24) is 0 Å². The quantitative estimate of drug-likeness (QED) is 0.599. The minimum atomic E-state index is 0.664. The molecule has 0 fully saturated rings. The first-order valence-corrected chi connectivity index (χ1v) is 6.34. The number of anilines is 1. The predicted octanol–water partition coefficient (Wildman–Crippen LogP) is 4.92. The van der Waals surface area contributed by atoms with Gasteiger partial charge in [-0.05, 0) is 62.1 Å². The number of aryl methyl sites for hydroxylation is 2. The first-order chi connectivity index (χ1) is 9.00. The van der Waals surface area contributed by atoms with Gasteiger partial charge in [-0.15, -0.1) is 5.11 Å². The van der Waals surface area contributed by atoms with Gasteiger partial charge in [-0.2, -0.15) is 5.11 Å². The van der Waals surface area contributed by atoms with Crippen LogP contribution in [0.5, 0.6) is 0 Å². The van der Waals surface area contributed by atoms with Gasteiger partial charge in [0.05, 0.1) is 11.4 Å². The van der Waals surface area contributed by atoms with Crippen LogP contribution in [0.15, 0.2) is 40.6 Å². The maximum Gasteiger partial charge on any atom is 0.112 e. The van der Waals surface area contributed by atoms with E-state index in [1.165, 1.54) is 11.1 Å². The maximum atomic E-state index is 5.97. The van der Waals surface area contributed by atoms with E-state index in [1.54, 1.807) is 0 Å². The first-order valence-electron chi connectivity index (χ1n) is 6.34. The Morgan fingerprint density at radius 3 is 2.21 bits per heavy atom. The lowest BCUT2D eigenvalue weighted by Gasteiger charge is -2.07. The molecule has 3 heteroatoms. The fourth-order valence-electron chi connectivity index (χ4n) is 1.90. The molecule has 2 aromatic carbocycles.